The van der Waals surface area contributed by atoms with E-state index >= 15 is 0 Å². The van der Waals surface area contributed by atoms with Crippen LogP contribution >= 0.6 is 38.9 Å². The minimum absolute atomic E-state index is 0.172. The number of hydrogen-bond acceptors (Lipinski definition) is 3. The third-order valence-corrected chi connectivity index (χ3v) is 4.46. The molecule has 1 aromatic heterocycles. The highest BCUT2D eigenvalue weighted by Gasteiger charge is 2.19. The third-order valence-electron chi connectivity index (χ3n) is 2.51. The summed E-state index contributed by atoms with van der Waals surface area (Å²) in [4.78, 5) is 11.3. The van der Waals surface area contributed by atoms with Gasteiger partial charge in [0.1, 0.15) is 11.9 Å². The van der Waals surface area contributed by atoms with E-state index in [2.05, 4.69) is 15.9 Å². The van der Waals surface area contributed by atoms with Crippen molar-refractivity contribution in [1.82, 2.24) is 0 Å². The Morgan fingerprint density at radius 1 is 1.47 bits per heavy atom. The highest BCUT2D eigenvalue weighted by atomic mass is 79.9. The van der Waals surface area contributed by atoms with Crippen molar-refractivity contribution in [3.8, 4) is 5.75 Å². The molecule has 1 aromatic carbocycles. The molecule has 1 heterocycles. The first kappa shape index (κ1) is 14.4. The van der Waals surface area contributed by atoms with Crippen molar-refractivity contribution in [3.63, 3.8) is 0 Å². The van der Waals surface area contributed by atoms with Gasteiger partial charge in [-0.2, -0.15) is 0 Å². The van der Waals surface area contributed by atoms with Crippen LogP contribution < -0.4 is 4.74 Å². The van der Waals surface area contributed by atoms with Gasteiger partial charge in [-0.15, -0.1) is 11.3 Å². The van der Waals surface area contributed by atoms with Crippen LogP contribution in [0.2, 0.25) is 5.02 Å². The van der Waals surface area contributed by atoms with Crippen LogP contribution in [0.4, 0.5) is 0 Å². The molecule has 0 aliphatic rings. The minimum atomic E-state index is -1.00. The summed E-state index contributed by atoms with van der Waals surface area (Å²) in [6, 6.07) is 8.99. The summed E-state index contributed by atoms with van der Waals surface area (Å²) in [6.07, 6.45) is -0.326. The highest BCUT2D eigenvalue weighted by molar-refractivity contribution is 9.11. The van der Waals surface area contributed by atoms with Gasteiger partial charge in [0.05, 0.1) is 3.79 Å². The number of ether oxygens (including phenoxy) is 1. The van der Waals surface area contributed by atoms with Gasteiger partial charge in [-0.25, -0.2) is 4.79 Å². The van der Waals surface area contributed by atoms with Crippen LogP contribution in [0, 0.1) is 0 Å². The summed E-state index contributed by atoms with van der Waals surface area (Å²) in [6.45, 7) is 1.83. The van der Waals surface area contributed by atoms with Crippen LogP contribution in [0.15, 0.2) is 34.1 Å². The molecule has 2 aromatic rings. The van der Waals surface area contributed by atoms with Gasteiger partial charge in [-0.05, 0) is 28.9 Å². The maximum absolute atomic E-state index is 11.1. The van der Waals surface area contributed by atoms with Crippen LogP contribution in [0.5, 0.6) is 5.75 Å². The van der Waals surface area contributed by atoms with E-state index in [-0.39, 0.29) is 11.0 Å². The molecule has 100 valence electrons. The maximum Gasteiger partial charge on any atom is 0.349 e. The fourth-order valence-corrected chi connectivity index (χ4v) is 3.28. The Morgan fingerprint density at radius 3 is 2.79 bits per heavy atom. The first-order valence-corrected chi connectivity index (χ1v) is 7.41. The Bertz CT molecular complexity index is 612. The lowest BCUT2D eigenvalue weighted by molar-refractivity contribution is 0.0696. The first-order valence-electron chi connectivity index (χ1n) is 5.42. The van der Waals surface area contributed by atoms with Crippen molar-refractivity contribution < 1.29 is 14.6 Å². The number of thiophene rings is 1. The van der Waals surface area contributed by atoms with Gasteiger partial charge in [-0.3, -0.25) is 0 Å². The Labute approximate surface area is 127 Å². The zero-order chi connectivity index (χ0) is 14.0. The summed E-state index contributed by atoms with van der Waals surface area (Å²) in [5.74, 6) is -0.658. The second-order valence-electron chi connectivity index (χ2n) is 3.83. The number of benzene rings is 1. The molecule has 6 heteroatoms. The molecule has 2 rings (SSSR count). The molecule has 0 spiro atoms. The highest BCUT2D eigenvalue weighted by Crippen LogP contribution is 2.36. The van der Waals surface area contributed by atoms with Gasteiger partial charge in [0, 0.05) is 16.7 Å². The van der Waals surface area contributed by atoms with Crippen LogP contribution in [0.1, 0.15) is 28.3 Å². The molecule has 0 saturated carbocycles. The molecule has 0 aliphatic heterocycles. The summed E-state index contributed by atoms with van der Waals surface area (Å²) in [5.41, 5.74) is 0.822. The molecule has 19 heavy (non-hydrogen) atoms. The van der Waals surface area contributed by atoms with Crippen molar-refractivity contribution in [1.29, 1.82) is 0 Å². The van der Waals surface area contributed by atoms with E-state index in [0.717, 1.165) is 16.9 Å². The molecule has 1 unspecified atom stereocenters. The smallest absolute Gasteiger partial charge is 0.349 e. The van der Waals surface area contributed by atoms with Crippen molar-refractivity contribution in [3.05, 3.63) is 49.6 Å². The Balaban J connectivity index is 2.27. The molecule has 0 saturated heterocycles. The zero-order valence-corrected chi connectivity index (χ0v) is 13.1. The van der Waals surface area contributed by atoms with Crippen LogP contribution in [0.25, 0.3) is 0 Å². The topological polar surface area (TPSA) is 46.5 Å². The van der Waals surface area contributed by atoms with Crippen molar-refractivity contribution >= 4 is 44.8 Å². The van der Waals surface area contributed by atoms with E-state index in [1.807, 2.05) is 25.1 Å². The van der Waals surface area contributed by atoms with Crippen molar-refractivity contribution in [2.45, 2.75) is 13.0 Å². The second-order valence-corrected chi connectivity index (χ2v) is 6.67. The molecule has 0 bridgehead atoms. The SMILES string of the molecule is CC(Oc1cc(Br)sc1C(=O)O)c1ccccc1Cl. The fourth-order valence-electron chi connectivity index (χ4n) is 1.64. The number of rotatable bonds is 4. The maximum atomic E-state index is 11.1. The molecule has 0 amide bonds. The lowest BCUT2D eigenvalue weighted by Crippen LogP contribution is -2.05. The molecule has 0 fully saturated rings. The van der Waals surface area contributed by atoms with Crippen LogP contribution in [0.3, 0.4) is 0 Å². The zero-order valence-electron chi connectivity index (χ0n) is 9.89. The summed E-state index contributed by atoms with van der Waals surface area (Å²) in [7, 11) is 0. The number of aromatic carboxylic acids is 1. The predicted octanol–water partition coefficient (Wildman–Crippen LogP) is 5.00. The van der Waals surface area contributed by atoms with E-state index in [1.54, 1.807) is 12.1 Å². The number of carbonyl (C=O) groups is 1. The number of halogens is 2. The van der Waals surface area contributed by atoms with Gasteiger partial charge < -0.3 is 9.84 Å². The molecular weight excluding hydrogens is 352 g/mol. The van der Waals surface area contributed by atoms with Crippen LogP contribution in [-0.4, -0.2) is 11.1 Å². The Hall–Kier alpha value is -1.04. The quantitative estimate of drug-likeness (QED) is 0.833. The van der Waals surface area contributed by atoms with Gasteiger partial charge in [0.15, 0.2) is 4.88 Å². The monoisotopic (exact) mass is 360 g/mol. The van der Waals surface area contributed by atoms with Crippen molar-refractivity contribution in [2.24, 2.45) is 0 Å². The van der Waals surface area contributed by atoms with Gasteiger partial charge in [-0.1, -0.05) is 29.8 Å². The molecule has 1 atom stereocenters. The van der Waals surface area contributed by atoms with Gasteiger partial charge >= 0.3 is 5.97 Å². The molecule has 3 nitrogen and oxygen atoms in total. The van der Waals surface area contributed by atoms with Gasteiger partial charge in [0.2, 0.25) is 0 Å². The van der Waals surface area contributed by atoms with E-state index < -0.39 is 5.97 Å². The first-order chi connectivity index (χ1) is 8.99. The van der Waals surface area contributed by atoms with Crippen LogP contribution in [-0.2, 0) is 0 Å². The Morgan fingerprint density at radius 2 is 2.16 bits per heavy atom. The third kappa shape index (κ3) is 3.29. The summed E-state index contributed by atoms with van der Waals surface area (Å²) < 4.78 is 6.42. The predicted molar refractivity (Wildman–Crippen MR) is 79.5 cm³/mol. The molecule has 0 radical (unpaired) electrons. The number of hydrogen-bond donors (Lipinski definition) is 1. The lowest BCUT2D eigenvalue weighted by Gasteiger charge is -2.15. The Kier molecular flexibility index (Phi) is 4.50. The average molecular weight is 362 g/mol. The number of carboxylic acids is 1. The van der Waals surface area contributed by atoms with E-state index in [0.29, 0.717) is 14.6 Å². The summed E-state index contributed by atoms with van der Waals surface area (Å²) >= 11 is 10.5. The fraction of sp³-hybridized carbons (Fsp3) is 0.154. The van der Waals surface area contributed by atoms with E-state index in [9.17, 15) is 4.79 Å². The summed E-state index contributed by atoms with van der Waals surface area (Å²) in [5, 5.41) is 9.70. The minimum Gasteiger partial charge on any atom is -0.484 e. The molecule has 1 N–H and O–H groups in total. The van der Waals surface area contributed by atoms with E-state index in [4.69, 9.17) is 21.4 Å². The normalized spacial score (nSPS) is 12.2. The molecular formula is C13H10BrClO3S. The largest absolute Gasteiger partial charge is 0.484 e. The van der Waals surface area contributed by atoms with Gasteiger partial charge in [0.25, 0.3) is 0 Å². The number of carboxylic acid groups (broad SMARTS) is 1. The average Bonchev–Trinajstić information content (AvgIpc) is 2.70. The second kappa shape index (κ2) is 5.94. The standard InChI is InChI=1S/C13H10BrClO3S/c1-7(8-4-2-3-5-9(8)15)18-10-6-11(14)19-12(10)13(16)17/h2-7H,1H3,(H,16,17). The van der Waals surface area contributed by atoms with E-state index in [1.165, 1.54) is 0 Å². The van der Waals surface area contributed by atoms with Crippen molar-refractivity contribution in [2.75, 3.05) is 0 Å². The molecule has 0 aliphatic carbocycles. The lowest BCUT2D eigenvalue weighted by atomic mass is 10.1.